The first-order valence-electron chi connectivity index (χ1n) is 5.87. The highest BCUT2D eigenvalue weighted by atomic mass is 16.4. The van der Waals surface area contributed by atoms with E-state index in [-0.39, 0.29) is 11.9 Å². The Morgan fingerprint density at radius 1 is 1.15 bits per heavy atom. The molecular formula is C13H18N2O5. The van der Waals surface area contributed by atoms with E-state index in [1.54, 1.807) is 0 Å². The summed E-state index contributed by atoms with van der Waals surface area (Å²) in [5.74, 6) is -3.91. The van der Waals surface area contributed by atoms with Crippen LogP contribution in [-0.2, 0) is 14.4 Å². The zero-order valence-corrected chi connectivity index (χ0v) is 11.1. The molecule has 1 aromatic carbocycles. The summed E-state index contributed by atoms with van der Waals surface area (Å²) in [4.78, 5) is 28.7. The number of carbonyl (C=O) groups is 3. The fourth-order valence-electron chi connectivity index (χ4n) is 1.27. The molecule has 0 bridgehead atoms. The summed E-state index contributed by atoms with van der Waals surface area (Å²) in [5, 5.41) is 18.0. The number of rotatable bonds is 5. The third-order valence-corrected chi connectivity index (χ3v) is 2.30. The SMILES string of the molecule is CC(NCCC(N)=O)c1ccccc1.O=C(O)C(=O)O. The number of nitrogens with two attached hydrogens (primary N) is 1. The van der Waals surface area contributed by atoms with Crippen LogP contribution in [0.15, 0.2) is 30.3 Å². The molecule has 1 atom stereocenters. The number of carboxylic acid groups (broad SMARTS) is 2. The monoisotopic (exact) mass is 282 g/mol. The summed E-state index contributed by atoms with van der Waals surface area (Å²) >= 11 is 0. The Hall–Kier alpha value is -2.41. The minimum atomic E-state index is -1.82. The lowest BCUT2D eigenvalue weighted by molar-refractivity contribution is -0.159. The number of carboxylic acids is 2. The molecule has 1 unspecified atom stereocenters. The molecule has 110 valence electrons. The smallest absolute Gasteiger partial charge is 0.414 e. The van der Waals surface area contributed by atoms with Crippen molar-refractivity contribution in [2.24, 2.45) is 5.73 Å². The summed E-state index contributed by atoms with van der Waals surface area (Å²) < 4.78 is 0. The van der Waals surface area contributed by atoms with Crippen LogP contribution < -0.4 is 11.1 Å². The Morgan fingerprint density at radius 2 is 1.65 bits per heavy atom. The molecule has 7 heteroatoms. The van der Waals surface area contributed by atoms with Crippen molar-refractivity contribution in [3.05, 3.63) is 35.9 Å². The van der Waals surface area contributed by atoms with Crippen LogP contribution in [-0.4, -0.2) is 34.6 Å². The molecule has 0 aromatic heterocycles. The van der Waals surface area contributed by atoms with Crippen molar-refractivity contribution in [1.29, 1.82) is 0 Å². The van der Waals surface area contributed by atoms with Crippen molar-refractivity contribution in [3.63, 3.8) is 0 Å². The van der Waals surface area contributed by atoms with Gasteiger partial charge in [0.15, 0.2) is 0 Å². The van der Waals surface area contributed by atoms with Crippen LogP contribution in [0.5, 0.6) is 0 Å². The van der Waals surface area contributed by atoms with Crippen LogP contribution in [0, 0.1) is 0 Å². The van der Waals surface area contributed by atoms with Crippen LogP contribution >= 0.6 is 0 Å². The van der Waals surface area contributed by atoms with E-state index in [2.05, 4.69) is 24.4 Å². The van der Waals surface area contributed by atoms with Crippen molar-refractivity contribution in [2.45, 2.75) is 19.4 Å². The number of carbonyl (C=O) groups excluding carboxylic acids is 1. The van der Waals surface area contributed by atoms with Gasteiger partial charge >= 0.3 is 11.9 Å². The quantitative estimate of drug-likeness (QED) is 0.577. The molecule has 0 spiro atoms. The molecule has 0 heterocycles. The summed E-state index contributed by atoms with van der Waals surface area (Å²) in [6.45, 7) is 2.70. The van der Waals surface area contributed by atoms with Crippen molar-refractivity contribution < 1.29 is 24.6 Å². The maximum atomic E-state index is 10.5. The lowest BCUT2D eigenvalue weighted by atomic mass is 10.1. The van der Waals surface area contributed by atoms with Crippen LogP contribution in [0.1, 0.15) is 24.9 Å². The molecule has 0 saturated heterocycles. The van der Waals surface area contributed by atoms with E-state index in [9.17, 15) is 4.79 Å². The molecule has 1 rings (SSSR count). The van der Waals surface area contributed by atoms with Crippen molar-refractivity contribution in [2.75, 3.05) is 6.54 Å². The van der Waals surface area contributed by atoms with E-state index < -0.39 is 11.9 Å². The molecule has 1 aromatic rings. The van der Waals surface area contributed by atoms with Crippen molar-refractivity contribution >= 4 is 17.8 Å². The van der Waals surface area contributed by atoms with E-state index >= 15 is 0 Å². The third-order valence-electron chi connectivity index (χ3n) is 2.30. The first-order chi connectivity index (χ1) is 9.34. The van der Waals surface area contributed by atoms with Gasteiger partial charge in [-0.25, -0.2) is 9.59 Å². The number of hydrogen-bond donors (Lipinski definition) is 4. The molecule has 0 aliphatic heterocycles. The zero-order valence-electron chi connectivity index (χ0n) is 11.1. The van der Waals surface area contributed by atoms with Gasteiger partial charge in [0.25, 0.3) is 0 Å². The maximum absolute atomic E-state index is 10.5. The topological polar surface area (TPSA) is 130 Å². The number of hydrogen-bond acceptors (Lipinski definition) is 4. The van der Waals surface area contributed by atoms with Gasteiger partial charge in [-0.15, -0.1) is 0 Å². The predicted octanol–water partition coefficient (Wildman–Crippen LogP) is 0.368. The van der Waals surface area contributed by atoms with Crippen LogP contribution in [0.3, 0.4) is 0 Å². The van der Waals surface area contributed by atoms with Crippen molar-refractivity contribution in [1.82, 2.24) is 5.32 Å². The standard InChI is InChI=1S/C11H16N2O.C2H2O4/c1-9(13-8-7-11(12)14)10-5-3-2-4-6-10;3-1(4)2(5)6/h2-6,9,13H,7-8H2,1H3,(H2,12,14);(H,3,4)(H,5,6). The number of aliphatic carboxylic acids is 2. The molecule has 0 fully saturated rings. The maximum Gasteiger partial charge on any atom is 0.414 e. The van der Waals surface area contributed by atoms with Crippen LogP contribution in [0.25, 0.3) is 0 Å². The Labute approximate surface area is 116 Å². The minimum absolute atomic E-state index is 0.260. The van der Waals surface area contributed by atoms with Crippen molar-refractivity contribution in [3.8, 4) is 0 Å². The average Bonchev–Trinajstić information content (AvgIpc) is 2.39. The normalized spacial score (nSPS) is 10.8. The summed E-state index contributed by atoms with van der Waals surface area (Å²) in [5.41, 5.74) is 6.26. The molecular weight excluding hydrogens is 264 g/mol. The minimum Gasteiger partial charge on any atom is -0.473 e. The van der Waals surface area contributed by atoms with E-state index in [1.165, 1.54) is 5.56 Å². The zero-order chi connectivity index (χ0) is 15.5. The van der Waals surface area contributed by atoms with E-state index in [0.717, 1.165) is 0 Å². The first kappa shape index (κ1) is 17.6. The summed E-state index contributed by atoms with van der Waals surface area (Å²) in [7, 11) is 0. The highest BCUT2D eigenvalue weighted by Gasteiger charge is 2.04. The van der Waals surface area contributed by atoms with Gasteiger partial charge in [-0.1, -0.05) is 30.3 Å². The van der Waals surface area contributed by atoms with Gasteiger partial charge < -0.3 is 21.3 Å². The molecule has 0 radical (unpaired) electrons. The molecule has 0 aliphatic rings. The molecule has 0 aliphatic carbocycles. The van der Waals surface area contributed by atoms with E-state index in [0.29, 0.717) is 13.0 Å². The second kappa shape index (κ2) is 9.51. The van der Waals surface area contributed by atoms with Gasteiger partial charge in [-0.05, 0) is 12.5 Å². The lowest BCUT2D eigenvalue weighted by Crippen LogP contribution is -2.24. The van der Waals surface area contributed by atoms with Crippen LogP contribution in [0.2, 0.25) is 0 Å². The second-order valence-electron chi connectivity index (χ2n) is 3.91. The summed E-state index contributed by atoms with van der Waals surface area (Å²) in [6.07, 6.45) is 0.386. The average molecular weight is 282 g/mol. The van der Waals surface area contributed by atoms with Crippen LogP contribution in [0.4, 0.5) is 0 Å². The fourth-order valence-corrected chi connectivity index (χ4v) is 1.27. The number of benzene rings is 1. The van der Waals surface area contributed by atoms with Gasteiger partial charge in [-0.3, -0.25) is 4.79 Å². The Bertz CT molecular complexity index is 435. The van der Waals surface area contributed by atoms with Gasteiger partial charge in [0.1, 0.15) is 0 Å². The summed E-state index contributed by atoms with van der Waals surface area (Å²) in [6, 6.07) is 10.4. The highest BCUT2D eigenvalue weighted by molar-refractivity contribution is 6.27. The van der Waals surface area contributed by atoms with Gasteiger partial charge in [0.05, 0.1) is 0 Å². The van der Waals surface area contributed by atoms with E-state index in [4.69, 9.17) is 25.5 Å². The van der Waals surface area contributed by atoms with Gasteiger partial charge in [0, 0.05) is 19.0 Å². The predicted molar refractivity (Wildman–Crippen MR) is 71.9 cm³/mol. The lowest BCUT2D eigenvalue weighted by Gasteiger charge is -2.13. The van der Waals surface area contributed by atoms with Gasteiger partial charge in [0.2, 0.25) is 5.91 Å². The molecule has 0 saturated carbocycles. The Balaban J connectivity index is 0.000000511. The largest absolute Gasteiger partial charge is 0.473 e. The van der Waals surface area contributed by atoms with Gasteiger partial charge in [-0.2, -0.15) is 0 Å². The third kappa shape index (κ3) is 8.65. The molecule has 5 N–H and O–H groups in total. The number of nitrogens with one attached hydrogen (secondary N) is 1. The fraction of sp³-hybridized carbons (Fsp3) is 0.308. The number of primary amides is 1. The Morgan fingerprint density at radius 3 is 2.05 bits per heavy atom. The first-order valence-corrected chi connectivity index (χ1v) is 5.87. The Kier molecular flexibility index (Phi) is 8.36. The second-order valence-corrected chi connectivity index (χ2v) is 3.91. The molecule has 7 nitrogen and oxygen atoms in total. The number of amides is 1. The highest BCUT2D eigenvalue weighted by Crippen LogP contribution is 2.10. The van der Waals surface area contributed by atoms with E-state index in [1.807, 2.05) is 18.2 Å². The molecule has 1 amide bonds. The molecule has 20 heavy (non-hydrogen) atoms.